The van der Waals surface area contributed by atoms with Crippen LogP contribution in [0.5, 0.6) is 0 Å². The minimum Gasteiger partial charge on any atom is -0.256 e. The van der Waals surface area contributed by atoms with Crippen molar-refractivity contribution >= 4 is 32.3 Å². The number of aromatic nitrogens is 1. The van der Waals surface area contributed by atoms with Crippen LogP contribution in [0.15, 0.2) is 85.1 Å². The largest absolute Gasteiger partial charge is 0.256 e. The number of rotatable bonds is 1. The highest BCUT2D eigenvalue weighted by molar-refractivity contribution is 6.25. The van der Waals surface area contributed by atoms with Crippen molar-refractivity contribution in [3.8, 4) is 11.3 Å². The summed E-state index contributed by atoms with van der Waals surface area (Å²) in [5, 5.41) is 7.80. The summed E-state index contributed by atoms with van der Waals surface area (Å²) < 4.78 is 0. The second-order valence-electron chi connectivity index (χ2n) is 8.53. The molecule has 0 saturated carbocycles. The standard InChI is InChI=1S/C27H23N/c1-27(2,3)19-13-15-26(28-17-19)18-12-14-24-22-10-5-4-8-20(22)21-9-6-7-11-23(21)25(24)16-18/h4-17H,1-3H3. The first-order chi connectivity index (χ1) is 13.5. The minimum atomic E-state index is 0.115. The van der Waals surface area contributed by atoms with Gasteiger partial charge in [0.25, 0.3) is 0 Å². The number of hydrogen-bond acceptors (Lipinski definition) is 1. The van der Waals surface area contributed by atoms with E-state index in [0.29, 0.717) is 0 Å². The van der Waals surface area contributed by atoms with Crippen LogP contribution in [0.2, 0.25) is 0 Å². The molecule has 0 aliphatic rings. The third-order valence-corrected chi connectivity index (χ3v) is 5.67. The van der Waals surface area contributed by atoms with Crippen LogP contribution in [0.1, 0.15) is 26.3 Å². The second kappa shape index (κ2) is 6.17. The van der Waals surface area contributed by atoms with Gasteiger partial charge < -0.3 is 0 Å². The lowest BCUT2D eigenvalue weighted by atomic mass is 9.88. The number of fused-ring (bicyclic) bond motifs is 6. The Hall–Kier alpha value is -3.19. The van der Waals surface area contributed by atoms with Crippen LogP contribution in [0.25, 0.3) is 43.6 Å². The van der Waals surface area contributed by atoms with Crippen LogP contribution >= 0.6 is 0 Å². The monoisotopic (exact) mass is 361 g/mol. The van der Waals surface area contributed by atoms with Gasteiger partial charge in [0.05, 0.1) is 5.69 Å². The van der Waals surface area contributed by atoms with Crippen molar-refractivity contribution in [2.24, 2.45) is 0 Å². The molecule has 4 aromatic carbocycles. The Kier molecular flexibility index (Phi) is 3.73. The van der Waals surface area contributed by atoms with Crippen molar-refractivity contribution in [3.05, 3.63) is 90.6 Å². The molecule has 0 radical (unpaired) electrons. The SMILES string of the molecule is CC(C)(C)c1ccc(-c2ccc3c4ccccc4c4ccccc4c3c2)nc1. The van der Waals surface area contributed by atoms with Gasteiger partial charge in [-0.1, -0.05) is 87.5 Å². The summed E-state index contributed by atoms with van der Waals surface area (Å²) in [5.74, 6) is 0. The van der Waals surface area contributed by atoms with Crippen LogP contribution < -0.4 is 0 Å². The molecular formula is C27H23N. The average Bonchev–Trinajstić information content (AvgIpc) is 2.73. The highest BCUT2D eigenvalue weighted by atomic mass is 14.7. The molecule has 0 saturated heterocycles. The van der Waals surface area contributed by atoms with Gasteiger partial charge in [-0.25, -0.2) is 0 Å². The summed E-state index contributed by atoms with van der Waals surface area (Å²) in [6, 6.07) is 28.5. The van der Waals surface area contributed by atoms with E-state index < -0.39 is 0 Å². The predicted molar refractivity (Wildman–Crippen MR) is 121 cm³/mol. The van der Waals surface area contributed by atoms with Crippen molar-refractivity contribution < 1.29 is 0 Å². The molecule has 0 N–H and O–H groups in total. The minimum absolute atomic E-state index is 0.115. The van der Waals surface area contributed by atoms with E-state index in [0.717, 1.165) is 11.3 Å². The maximum atomic E-state index is 4.76. The Labute approximate surface area is 165 Å². The first-order valence-electron chi connectivity index (χ1n) is 9.82. The fourth-order valence-corrected chi connectivity index (χ4v) is 4.08. The van der Waals surface area contributed by atoms with Crippen molar-refractivity contribution in [2.75, 3.05) is 0 Å². The molecule has 0 aliphatic heterocycles. The van der Waals surface area contributed by atoms with Gasteiger partial charge in [0.15, 0.2) is 0 Å². The molecule has 0 fully saturated rings. The lowest BCUT2D eigenvalue weighted by molar-refractivity contribution is 0.587. The molecule has 5 aromatic rings. The Bertz CT molecular complexity index is 1290. The van der Waals surface area contributed by atoms with E-state index >= 15 is 0 Å². The van der Waals surface area contributed by atoms with Crippen LogP contribution in [0.3, 0.4) is 0 Å². The van der Waals surface area contributed by atoms with E-state index in [-0.39, 0.29) is 5.41 Å². The third kappa shape index (κ3) is 2.66. The number of benzene rings is 4. The van der Waals surface area contributed by atoms with Gasteiger partial charge in [0.2, 0.25) is 0 Å². The first kappa shape index (κ1) is 16.9. The Morgan fingerprint density at radius 3 is 1.61 bits per heavy atom. The summed E-state index contributed by atoms with van der Waals surface area (Å²) >= 11 is 0. The normalized spacial score (nSPS) is 12.1. The molecule has 136 valence electrons. The fraction of sp³-hybridized carbons (Fsp3) is 0.148. The molecule has 0 atom stereocenters. The molecule has 1 heterocycles. The van der Waals surface area contributed by atoms with Crippen LogP contribution in [-0.2, 0) is 5.41 Å². The summed E-state index contributed by atoms with van der Waals surface area (Å²) in [5.41, 5.74) is 3.55. The Morgan fingerprint density at radius 2 is 1.11 bits per heavy atom. The molecule has 1 aromatic heterocycles. The van der Waals surface area contributed by atoms with Gasteiger partial charge in [0, 0.05) is 11.8 Å². The topological polar surface area (TPSA) is 12.9 Å². The summed E-state index contributed by atoms with van der Waals surface area (Å²) in [7, 11) is 0. The van der Waals surface area contributed by atoms with Gasteiger partial charge in [-0.2, -0.15) is 0 Å². The van der Waals surface area contributed by atoms with E-state index in [4.69, 9.17) is 4.98 Å². The Morgan fingerprint density at radius 1 is 0.571 bits per heavy atom. The van der Waals surface area contributed by atoms with E-state index in [9.17, 15) is 0 Å². The molecule has 28 heavy (non-hydrogen) atoms. The zero-order valence-electron chi connectivity index (χ0n) is 16.5. The zero-order valence-corrected chi connectivity index (χ0v) is 16.5. The highest BCUT2D eigenvalue weighted by Crippen LogP contribution is 2.36. The molecule has 0 amide bonds. The van der Waals surface area contributed by atoms with Crippen LogP contribution in [0, 0.1) is 0 Å². The van der Waals surface area contributed by atoms with E-state index in [1.54, 1.807) is 0 Å². The molecule has 0 bridgehead atoms. The maximum absolute atomic E-state index is 4.76. The number of hydrogen-bond donors (Lipinski definition) is 0. The van der Waals surface area contributed by atoms with Gasteiger partial charge in [-0.3, -0.25) is 4.98 Å². The van der Waals surface area contributed by atoms with E-state index in [2.05, 4.69) is 99.6 Å². The molecule has 0 aliphatic carbocycles. The van der Waals surface area contributed by atoms with Crippen molar-refractivity contribution in [2.45, 2.75) is 26.2 Å². The smallest absolute Gasteiger partial charge is 0.0702 e. The molecule has 0 spiro atoms. The molecule has 0 unspecified atom stereocenters. The Balaban J connectivity index is 1.78. The lowest BCUT2D eigenvalue weighted by Crippen LogP contribution is -2.11. The fourth-order valence-electron chi connectivity index (χ4n) is 4.08. The number of nitrogens with zero attached hydrogens (tertiary/aromatic N) is 1. The van der Waals surface area contributed by atoms with Crippen LogP contribution in [-0.4, -0.2) is 4.98 Å². The number of pyridine rings is 1. The second-order valence-corrected chi connectivity index (χ2v) is 8.53. The zero-order chi connectivity index (χ0) is 19.3. The van der Waals surface area contributed by atoms with Crippen LogP contribution in [0.4, 0.5) is 0 Å². The molecular weight excluding hydrogens is 338 g/mol. The molecule has 5 rings (SSSR count). The maximum Gasteiger partial charge on any atom is 0.0702 e. The summed E-state index contributed by atoms with van der Waals surface area (Å²) in [4.78, 5) is 4.76. The summed E-state index contributed by atoms with van der Waals surface area (Å²) in [6.07, 6.45) is 2.01. The van der Waals surface area contributed by atoms with Gasteiger partial charge >= 0.3 is 0 Å². The lowest BCUT2D eigenvalue weighted by Gasteiger charge is -2.18. The van der Waals surface area contributed by atoms with Crippen molar-refractivity contribution in [1.29, 1.82) is 0 Å². The van der Waals surface area contributed by atoms with Gasteiger partial charge in [0.1, 0.15) is 0 Å². The first-order valence-corrected chi connectivity index (χ1v) is 9.82. The predicted octanol–water partition coefficient (Wildman–Crippen LogP) is 7.51. The molecule has 1 nitrogen and oxygen atoms in total. The molecule has 1 heteroatoms. The highest BCUT2D eigenvalue weighted by Gasteiger charge is 2.14. The average molecular weight is 361 g/mol. The quantitative estimate of drug-likeness (QED) is 0.282. The van der Waals surface area contributed by atoms with Crippen molar-refractivity contribution in [3.63, 3.8) is 0 Å². The summed E-state index contributed by atoms with van der Waals surface area (Å²) in [6.45, 7) is 6.66. The van der Waals surface area contributed by atoms with Gasteiger partial charge in [-0.15, -0.1) is 0 Å². The van der Waals surface area contributed by atoms with Crippen molar-refractivity contribution in [1.82, 2.24) is 4.98 Å². The van der Waals surface area contributed by atoms with E-state index in [1.165, 1.54) is 37.9 Å². The third-order valence-electron chi connectivity index (χ3n) is 5.67. The van der Waals surface area contributed by atoms with Gasteiger partial charge in [-0.05, 0) is 55.4 Å². The van der Waals surface area contributed by atoms with E-state index in [1.807, 2.05) is 6.20 Å².